The van der Waals surface area contributed by atoms with Gasteiger partial charge in [0.15, 0.2) is 0 Å². The summed E-state index contributed by atoms with van der Waals surface area (Å²) in [5, 5.41) is 12.5. The molecular formula is C12H16BrNO2. The van der Waals surface area contributed by atoms with E-state index in [9.17, 15) is 4.79 Å². The van der Waals surface area contributed by atoms with E-state index >= 15 is 0 Å². The Morgan fingerprint density at radius 3 is 2.50 bits per heavy atom. The van der Waals surface area contributed by atoms with Crippen molar-refractivity contribution >= 4 is 21.8 Å². The first-order chi connectivity index (χ1) is 7.71. The van der Waals surface area contributed by atoms with Gasteiger partial charge < -0.3 is 10.4 Å². The maximum Gasteiger partial charge on any atom is 0.251 e. The smallest absolute Gasteiger partial charge is 0.251 e. The van der Waals surface area contributed by atoms with Crippen LogP contribution in [-0.2, 0) is 5.33 Å². The number of benzene rings is 1. The van der Waals surface area contributed by atoms with E-state index in [1.165, 1.54) is 0 Å². The molecule has 0 aromatic heterocycles. The van der Waals surface area contributed by atoms with E-state index in [-0.39, 0.29) is 18.6 Å². The summed E-state index contributed by atoms with van der Waals surface area (Å²) in [5.74, 6) is -0.137. The minimum Gasteiger partial charge on any atom is -0.394 e. The molecule has 0 aliphatic carbocycles. The molecule has 2 N–H and O–H groups in total. The van der Waals surface area contributed by atoms with Crippen molar-refractivity contribution in [3.63, 3.8) is 0 Å². The highest BCUT2D eigenvalue weighted by molar-refractivity contribution is 9.08. The summed E-state index contributed by atoms with van der Waals surface area (Å²) >= 11 is 3.35. The lowest BCUT2D eigenvalue weighted by Crippen LogP contribution is -2.36. The molecule has 1 aromatic rings. The molecule has 0 spiro atoms. The standard InChI is InChI=1S/C12H16BrNO2/c1-2-11(8-15)14-12(16)10-5-3-9(7-13)4-6-10/h3-6,11,15H,2,7-8H2,1H3,(H,14,16)/t11-/m1/s1. The van der Waals surface area contributed by atoms with Crippen molar-refractivity contribution in [3.8, 4) is 0 Å². The van der Waals surface area contributed by atoms with Gasteiger partial charge in [0.1, 0.15) is 0 Å². The summed E-state index contributed by atoms with van der Waals surface area (Å²) < 4.78 is 0. The fourth-order valence-electron chi connectivity index (χ4n) is 1.29. The van der Waals surface area contributed by atoms with E-state index in [1.807, 2.05) is 19.1 Å². The molecule has 0 aliphatic rings. The van der Waals surface area contributed by atoms with Gasteiger partial charge in [0.2, 0.25) is 0 Å². The van der Waals surface area contributed by atoms with E-state index in [1.54, 1.807) is 12.1 Å². The summed E-state index contributed by atoms with van der Waals surface area (Å²) in [5.41, 5.74) is 1.75. The highest BCUT2D eigenvalue weighted by Gasteiger charge is 2.10. The SMILES string of the molecule is CC[C@H](CO)NC(=O)c1ccc(CBr)cc1. The second-order valence-electron chi connectivity index (χ2n) is 3.59. The van der Waals surface area contributed by atoms with Crippen LogP contribution in [0.3, 0.4) is 0 Å². The number of hydrogen-bond donors (Lipinski definition) is 2. The molecule has 1 aromatic carbocycles. The molecule has 0 saturated carbocycles. The van der Waals surface area contributed by atoms with Crippen LogP contribution in [0.15, 0.2) is 24.3 Å². The zero-order valence-corrected chi connectivity index (χ0v) is 10.8. The van der Waals surface area contributed by atoms with Crippen LogP contribution in [0.2, 0.25) is 0 Å². The summed E-state index contributed by atoms with van der Waals surface area (Å²) in [6, 6.07) is 7.22. The minimum atomic E-state index is -0.164. The zero-order valence-electron chi connectivity index (χ0n) is 9.24. The minimum absolute atomic E-state index is 0.0261. The number of aliphatic hydroxyl groups excluding tert-OH is 1. The topological polar surface area (TPSA) is 49.3 Å². The second kappa shape index (κ2) is 6.66. The van der Waals surface area contributed by atoms with Crippen LogP contribution in [0, 0.1) is 0 Å². The molecule has 88 valence electrons. The maximum atomic E-state index is 11.7. The lowest BCUT2D eigenvalue weighted by molar-refractivity contribution is 0.0915. The highest BCUT2D eigenvalue weighted by atomic mass is 79.9. The zero-order chi connectivity index (χ0) is 12.0. The van der Waals surface area contributed by atoms with Crippen LogP contribution < -0.4 is 5.32 Å². The van der Waals surface area contributed by atoms with Crippen molar-refractivity contribution in [2.45, 2.75) is 24.7 Å². The molecule has 0 bridgehead atoms. The summed E-state index contributed by atoms with van der Waals surface area (Å²) in [4.78, 5) is 11.7. The third-order valence-electron chi connectivity index (χ3n) is 2.42. The molecule has 0 heterocycles. The number of carbonyl (C=O) groups is 1. The Morgan fingerprint density at radius 2 is 2.06 bits per heavy atom. The maximum absolute atomic E-state index is 11.7. The van der Waals surface area contributed by atoms with E-state index in [0.717, 1.165) is 17.3 Å². The molecule has 0 unspecified atom stereocenters. The third kappa shape index (κ3) is 3.61. The van der Waals surface area contributed by atoms with Crippen molar-refractivity contribution in [2.75, 3.05) is 6.61 Å². The molecule has 16 heavy (non-hydrogen) atoms. The predicted octanol–water partition coefficient (Wildman–Crippen LogP) is 2.08. The number of halogens is 1. The predicted molar refractivity (Wildman–Crippen MR) is 67.7 cm³/mol. The molecular weight excluding hydrogens is 270 g/mol. The average Bonchev–Trinajstić information content (AvgIpc) is 2.35. The molecule has 0 radical (unpaired) electrons. The number of carbonyl (C=O) groups excluding carboxylic acids is 1. The van der Waals surface area contributed by atoms with Gasteiger partial charge in [0, 0.05) is 10.9 Å². The summed E-state index contributed by atoms with van der Waals surface area (Å²) in [6.07, 6.45) is 0.724. The monoisotopic (exact) mass is 285 g/mol. The molecule has 3 nitrogen and oxygen atoms in total. The highest BCUT2D eigenvalue weighted by Crippen LogP contribution is 2.08. The van der Waals surface area contributed by atoms with Crippen LogP contribution in [0.4, 0.5) is 0 Å². The molecule has 0 saturated heterocycles. The molecule has 4 heteroatoms. The Balaban J connectivity index is 2.65. The van der Waals surface area contributed by atoms with Crippen LogP contribution >= 0.6 is 15.9 Å². The number of alkyl halides is 1. The van der Waals surface area contributed by atoms with Gasteiger partial charge in [-0.05, 0) is 24.1 Å². The van der Waals surface area contributed by atoms with Gasteiger partial charge in [-0.25, -0.2) is 0 Å². The van der Waals surface area contributed by atoms with E-state index in [2.05, 4.69) is 21.2 Å². The molecule has 0 aliphatic heterocycles. The van der Waals surface area contributed by atoms with Gasteiger partial charge >= 0.3 is 0 Å². The number of hydrogen-bond acceptors (Lipinski definition) is 2. The second-order valence-corrected chi connectivity index (χ2v) is 4.15. The number of nitrogens with one attached hydrogen (secondary N) is 1. The van der Waals surface area contributed by atoms with Crippen molar-refractivity contribution < 1.29 is 9.90 Å². The largest absolute Gasteiger partial charge is 0.394 e. The molecule has 0 fully saturated rings. The van der Waals surface area contributed by atoms with Gasteiger partial charge in [-0.2, -0.15) is 0 Å². The molecule has 1 amide bonds. The number of amides is 1. The van der Waals surface area contributed by atoms with Crippen molar-refractivity contribution in [1.29, 1.82) is 0 Å². The molecule has 1 atom stereocenters. The van der Waals surface area contributed by atoms with Crippen LogP contribution in [0.5, 0.6) is 0 Å². The van der Waals surface area contributed by atoms with Gasteiger partial charge in [-0.1, -0.05) is 35.0 Å². The first-order valence-electron chi connectivity index (χ1n) is 5.27. The van der Waals surface area contributed by atoms with Crippen molar-refractivity contribution in [3.05, 3.63) is 35.4 Å². The van der Waals surface area contributed by atoms with Gasteiger partial charge in [-0.15, -0.1) is 0 Å². The Kier molecular flexibility index (Phi) is 5.49. The van der Waals surface area contributed by atoms with Crippen LogP contribution in [-0.4, -0.2) is 23.7 Å². The fraction of sp³-hybridized carbons (Fsp3) is 0.417. The Bertz CT molecular complexity index is 333. The lowest BCUT2D eigenvalue weighted by atomic mass is 10.1. The number of rotatable bonds is 5. The van der Waals surface area contributed by atoms with Crippen LogP contribution in [0.25, 0.3) is 0 Å². The van der Waals surface area contributed by atoms with E-state index in [0.29, 0.717) is 5.56 Å². The summed E-state index contributed by atoms with van der Waals surface area (Å²) in [6.45, 7) is 1.90. The van der Waals surface area contributed by atoms with Gasteiger partial charge in [-0.3, -0.25) is 4.79 Å². The van der Waals surface area contributed by atoms with Crippen molar-refractivity contribution in [2.24, 2.45) is 0 Å². The van der Waals surface area contributed by atoms with Gasteiger partial charge in [0.05, 0.1) is 12.6 Å². The average molecular weight is 286 g/mol. The fourth-order valence-corrected chi connectivity index (χ4v) is 1.66. The number of aliphatic hydroxyl groups is 1. The van der Waals surface area contributed by atoms with E-state index < -0.39 is 0 Å². The van der Waals surface area contributed by atoms with Crippen molar-refractivity contribution in [1.82, 2.24) is 5.32 Å². The first kappa shape index (κ1) is 13.2. The molecule has 1 rings (SSSR count). The third-order valence-corrected chi connectivity index (χ3v) is 3.07. The quantitative estimate of drug-likeness (QED) is 0.814. The van der Waals surface area contributed by atoms with E-state index in [4.69, 9.17) is 5.11 Å². The summed E-state index contributed by atoms with van der Waals surface area (Å²) in [7, 11) is 0. The Morgan fingerprint density at radius 1 is 1.44 bits per heavy atom. The lowest BCUT2D eigenvalue weighted by Gasteiger charge is -2.13. The Hall–Kier alpha value is -0.870. The first-order valence-corrected chi connectivity index (χ1v) is 6.40. The Labute approximate surface area is 104 Å². The van der Waals surface area contributed by atoms with Gasteiger partial charge in [0.25, 0.3) is 5.91 Å². The normalized spacial score (nSPS) is 12.2. The van der Waals surface area contributed by atoms with Crippen LogP contribution in [0.1, 0.15) is 29.3 Å².